The van der Waals surface area contributed by atoms with Crippen molar-refractivity contribution in [2.75, 3.05) is 0 Å². The maximum Gasteiger partial charge on any atom is 0.0747 e. The van der Waals surface area contributed by atoms with Crippen LogP contribution in [0.3, 0.4) is 0 Å². The normalized spacial score (nSPS) is 20.5. The van der Waals surface area contributed by atoms with Gasteiger partial charge >= 0.3 is 0 Å². The van der Waals surface area contributed by atoms with E-state index >= 15 is 0 Å². The minimum absolute atomic E-state index is 0.318. The van der Waals surface area contributed by atoms with E-state index in [9.17, 15) is 5.11 Å². The Labute approximate surface area is 105 Å². The van der Waals surface area contributed by atoms with Gasteiger partial charge in [-0.25, -0.2) is 0 Å². The summed E-state index contributed by atoms with van der Waals surface area (Å²) in [6.07, 6.45) is 13.2. The average Bonchev–Trinajstić information content (AvgIpc) is 2.30. The van der Waals surface area contributed by atoms with Crippen LogP contribution in [-0.4, -0.2) is 10.7 Å². The number of hydrogen-bond acceptors (Lipinski definition) is 1. The van der Waals surface area contributed by atoms with Crippen LogP contribution in [0.4, 0.5) is 0 Å². The molecule has 1 aliphatic rings. The lowest BCUT2D eigenvalue weighted by Gasteiger charge is -2.37. The summed E-state index contributed by atoms with van der Waals surface area (Å²) in [6.45, 7) is 11.3. The van der Waals surface area contributed by atoms with Crippen molar-refractivity contribution in [1.82, 2.24) is 0 Å². The number of aliphatic hydroxyl groups is 1. The topological polar surface area (TPSA) is 20.2 Å². The highest BCUT2D eigenvalue weighted by molar-refractivity contribution is 5.13. The zero-order valence-electron chi connectivity index (χ0n) is 10.7. The Morgan fingerprint density at radius 3 is 2.41 bits per heavy atom. The van der Waals surface area contributed by atoms with Gasteiger partial charge in [-0.15, -0.1) is 19.7 Å². The fourth-order valence-corrected chi connectivity index (χ4v) is 2.72. The Balaban J connectivity index is 2.75. The number of hydrogen-bond donors (Lipinski definition) is 1. The SMILES string of the molecule is C=CCC1=CCCC(C(O)(CC=C)CC=C)C1. The van der Waals surface area contributed by atoms with Gasteiger partial charge in [-0.2, -0.15) is 0 Å². The van der Waals surface area contributed by atoms with Gasteiger partial charge in [-0.1, -0.05) is 29.9 Å². The quantitative estimate of drug-likeness (QED) is 0.653. The van der Waals surface area contributed by atoms with Crippen molar-refractivity contribution in [3.05, 3.63) is 49.6 Å². The van der Waals surface area contributed by atoms with Crippen LogP contribution >= 0.6 is 0 Å². The van der Waals surface area contributed by atoms with Crippen molar-refractivity contribution in [1.29, 1.82) is 0 Å². The summed E-state index contributed by atoms with van der Waals surface area (Å²) in [4.78, 5) is 0. The first-order valence-electron chi connectivity index (χ1n) is 6.39. The largest absolute Gasteiger partial charge is 0.389 e. The molecule has 0 aromatic heterocycles. The van der Waals surface area contributed by atoms with Crippen molar-refractivity contribution in [3.8, 4) is 0 Å². The standard InChI is InChI=1S/C16H24O/c1-4-8-14-9-7-10-15(13-14)16(17,11-5-2)12-6-3/h4-6,9,15,17H,1-3,7-8,10-13H2. The van der Waals surface area contributed by atoms with Gasteiger partial charge in [0.15, 0.2) is 0 Å². The third kappa shape index (κ3) is 3.71. The Hall–Kier alpha value is -1.08. The third-order valence-corrected chi connectivity index (χ3v) is 3.62. The molecular formula is C16H24O. The van der Waals surface area contributed by atoms with E-state index in [0.717, 1.165) is 25.7 Å². The number of rotatable bonds is 7. The monoisotopic (exact) mass is 232 g/mol. The Bertz CT molecular complexity index is 301. The first kappa shape index (κ1) is 14.0. The van der Waals surface area contributed by atoms with Crippen LogP contribution in [-0.2, 0) is 0 Å². The lowest BCUT2D eigenvalue weighted by Crippen LogP contribution is -2.38. The predicted octanol–water partition coefficient (Wildman–Crippen LogP) is 4.17. The van der Waals surface area contributed by atoms with E-state index in [1.807, 2.05) is 18.2 Å². The first-order chi connectivity index (χ1) is 8.16. The van der Waals surface area contributed by atoms with Gasteiger partial charge < -0.3 is 5.11 Å². The van der Waals surface area contributed by atoms with Crippen LogP contribution in [0.25, 0.3) is 0 Å². The molecule has 1 heteroatoms. The van der Waals surface area contributed by atoms with E-state index in [0.29, 0.717) is 18.8 Å². The Morgan fingerprint density at radius 1 is 1.24 bits per heavy atom. The molecule has 0 bridgehead atoms. The second kappa shape index (κ2) is 6.61. The fraction of sp³-hybridized carbons (Fsp3) is 0.500. The Kier molecular flexibility index (Phi) is 5.43. The lowest BCUT2D eigenvalue weighted by atomic mass is 9.73. The van der Waals surface area contributed by atoms with Crippen LogP contribution in [0, 0.1) is 5.92 Å². The van der Waals surface area contributed by atoms with E-state index in [1.54, 1.807) is 0 Å². The van der Waals surface area contributed by atoms with Gasteiger partial charge in [-0.3, -0.25) is 0 Å². The van der Waals surface area contributed by atoms with Crippen LogP contribution in [0.15, 0.2) is 49.6 Å². The van der Waals surface area contributed by atoms with Crippen molar-refractivity contribution in [2.24, 2.45) is 5.92 Å². The van der Waals surface area contributed by atoms with E-state index in [2.05, 4.69) is 25.8 Å². The molecule has 1 nitrogen and oxygen atoms in total. The fourth-order valence-electron chi connectivity index (χ4n) is 2.72. The molecule has 17 heavy (non-hydrogen) atoms. The summed E-state index contributed by atoms with van der Waals surface area (Å²) in [6, 6.07) is 0. The maximum absolute atomic E-state index is 10.7. The molecule has 1 unspecified atom stereocenters. The summed E-state index contributed by atoms with van der Waals surface area (Å²) in [5.74, 6) is 0.318. The molecule has 1 N–H and O–H groups in total. The van der Waals surface area contributed by atoms with E-state index in [4.69, 9.17) is 0 Å². The van der Waals surface area contributed by atoms with Crippen LogP contribution in [0.5, 0.6) is 0 Å². The van der Waals surface area contributed by atoms with Crippen LogP contribution in [0.1, 0.15) is 38.5 Å². The molecule has 0 heterocycles. The molecule has 0 aliphatic heterocycles. The molecular weight excluding hydrogens is 208 g/mol. The zero-order valence-corrected chi connectivity index (χ0v) is 10.7. The molecule has 0 aromatic carbocycles. The molecule has 0 radical (unpaired) electrons. The summed E-state index contributed by atoms with van der Waals surface area (Å²) in [5.41, 5.74) is 0.743. The van der Waals surface area contributed by atoms with Crippen molar-refractivity contribution >= 4 is 0 Å². The highest BCUT2D eigenvalue weighted by Gasteiger charge is 2.35. The van der Waals surface area contributed by atoms with Crippen molar-refractivity contribution in [3.63, 3.8) is 0 Å². The number of allylic oxidation sites excluding steroid dienone is 3. The highest BCUT2D eigenvalue weighted by atomic mass is 16.3. The molecule has 0 spiro atoms. The maximum atomic E-state index is 10.7. The Morgan fingerprint density at radius 2 is 1.88 bits per heavy atom. The summed E-state index contributed by atoms with van der Waals surface area (Å²) in [5, 5.41) is 10.7. The molecule has 0 aromatic rings. The van der Waals surface area contributed by atoms with E-state index in [-0.39, 0.29) is 0 Å². The van der Waals surface area contributed by atoms with E-state index in [1.165, 1.54) is 5.57 Å². The second-order valence-electron chi connectivity index (χ2n) is 4.92. The third-order valence-electron chi connectivity index (χ3n) is 3.62. The van der Waals surface area contributed by atoms with Crippen LogP contribution in [0.2, 0.25) is 0 Å². The molecule has 0 amide bonds. The molecule has 0 saturated heterocycles. The minimum atomic E-state index is -0.663. The molecule has 0 saturated carbocycles. The zero-order chi connectivity index (χ0) is 12.7. The van der Waals surface area contributed by atoms with Gasteiger partial charge in [0, 0.05) is 0 Å². The van der Waals surface area contributed by atoms with Crippen molar-refractivity contribution < 1.29 is 5.11 Å². The summed E-state index contributed by atoms with van der Waals surface area (Å²) < 4.78 is 0. The predicted molar refractivity (Wildman–Crippen MR) is 74.8 cm³/mol. The molecule has 0 fully saturated rings. The van der Waals surface area contributed by atoms with E-state index < -0.39 is 5.60 Å². The summed E-state index contributed by atoms with van der Waals surface area (Å²) >= 11 is 0. The molecule has 94 valence electrons. The van der Waals surface area contributed by atoms with Gasteiger partial charge in [-0.05, 0) is 44.4 Å². The molecule has 1 atom stereocenters. The second-order valence-corrected chi connectivity index (χ2v) is 4.92. The van der Waals surface area contributed by atoms with Crippen molar-refractivity contribution in [2.45, 2.75) is 44.1 Å². The molecule has 1 rings (SSSR count). The van der Waals surface area contributed by atoms with Crippen LogP contribution < -0.4 is 0 Å². The van der Waals surface area contributed by atoms with Gasteiger partial charge in [0.25, 0.3) is 0 Å². The molecule has 1 aliphatic carbocycles. The lowest BCUT2D eigenvalue weighted by molar-refractivity contribution is -0.0185. The minimum Gasteiger partial charge on any atom is -0.389 e. The highest BCUT2D eigenvalue weighted by Crippen LogP contribution is 2.38. The smallest absolute Gasteiger partial charge is 0.0747 e. The van der Waals surface area contributed by atoms with Gasteiger partial charge in [0.05, 0.1) is 5.60 Å². The first-order valence-corrected chi connectivity index (χ1v) is 6.39. The summed E-state index contributed by atoms with van der Waals surface area (Å²) in [7, 11) is 0. The average molecular weight is 232 g/mol. The van der Waals surface area contributed by atoms with Gasteiger partial charge in [0.2, 0.25) is 0 Å². The van der Waals surface area contributed by atoms with Gasteiger partial charge in [0.1, 0.15) is 0 Å².